The van der Waals surface area contributed by atoms with Gasteiger partial charge in [0.05, 0.1) is 0 Å². The van der Waals surface area contributed by atoms with E-state index < -0.39 is 0 Å². The fourth-order valence-corrected chi connectivity index (χ4v) is 4.11. The molecule has 1 fully saturated rings. The van der Waals surface area contributed by atoms with E-state index in [0.29, 0.717) is 36.0 Å². The van der Waals surface area contributed by atoms with Gasteiger partial charge in [-0.05, 0) is 61.2 Å². The van der Waals surface area contributed by atoms with Gasteiger partial charge in [0.2, 0.25) is 12.7 Å². The SMILES string of the molecule is Cc1ccc(F)cc1CN1C(=O)CC[C@H]1CCNCc1cc2c(cc1Cl)OCO2. The monoisotopic (exact) mass is 418 g/mol. The average molecular weight is 419 g/mol. The number of rotatable bonds is 7. The lowest BCUT2D eigenvalue weighted by atomic mass is 10.1. The molecule has 0 aromatic heterocycles. The maximum Gasteiger partial charge on any atom is 0.231 e. The first-order chi connectivity index (χ1) is 14.0. The number of carbonyl (C=O) groups excluding carboxylic acids is 1. The molecule has 5 nitrogen and oxygen atoms in total. The van der Waals surface area contributed by atoms with E-state index in [1.54, 1.807) is 12.1 Å². The second kappa shape index (κ2) is 8.59. The van der Waals surface area contributed by atoms with Crippen molar-refractivity contribution < 1.29 is 18.7 Å². The summed E-state index contributed by atoms with van der Waals surface area (Å²) in [6.45, 7) is 3.99. The lowest BCUT2D eigenvalue weighted by molar-refractivity contribution is -0.129. The molecule has 0 spiro atoms. The summed E-state index contributed by atoms with van der Waals surface area (Å²) in [5.41, 5.74) is 2.82. The summed E-state index contributed by atoms with van der Waals surface area (Å²) in [7, 11) is 0. The number of fused-ring (bicyclic) bond motifs is 1. The first-order valence-corrected chi connectivity index (χ1v) is 10.2. The van der Waals surface area contributed by atoms with Crippen LogP contribution in [0.3, 0.4) is 0 Å². The lowest BCUT2D eigenvalue weighted by Crippen LogP contribution is -2.34. The number of ether oxygens (including phenoxy) is 2. The van der Waals surface area contributed by atoms with Gasteiger partial charge >= 0.3 is 0 Å². The van der Waals surface area contributed by atoms with Crippen LogP contribution in [0.2, 0.25) is 5.02 Å². The van der Waals surface area contributed by atoms with Crippen molar-refractivity contribution in [2.75, 3.05) is 13.3 Å². The third-order valence-electron chi connectivity index (χ3n) is 5.62. The average Bonchev–Trinajstić information content (AvgIpc) is 3.28. The Labute approximate surface area is 174 Å². The van der Waals surface area contributed by atoms with Crippen LogP contribution in [0.1, 0.15) is 36.0 Å². The maximum atomic E-state index is 13.6. The first-order valence-electron chi connectivity index (χ1n) is 9.84. The Morgan fingerprint density at radius 2 is 2.00 bits per heavy atom. The van der Waals surface area contributed by atoms with Gasteiger partial charge in [0.15, 0.2) is 11.5 Å². The van der Waals surface area contributed by atoms with Crippen LogP contribution in [-0.4, -0.2) is 30.2 Å². The van der Waals surface area contributed by atoms with Crippen LogP contribution in [0.25, 0.3) is 0 Å². The van der Waals surface area contributed by atoms with Gasteiger partial charge in [-0.3, -0.25) is 4.79 Å². The van der Waals surface area contributed by atoms with Crippen LogP contribution >= 0.6 is 11.6 Å². The molecule has 2 heterocycles. The summed E-state index contributed by atoms with van der Waals surface area (Å²) in [4.78, 5) is 14.2. The molecule has 0 unspecified atom stereocenters. The zero-order valence-electron chi connectivity index (χ0n) is 16.3. The number of likely N-dealkylation sites (tertiary alicyclic amines) is 1. The Morgan fingerprint density at radius 1 is 1.21 bits per heavy atom. The molecule has 0 radical (unpaired) electrons. The fraction of sp³-hybridized carbons (Fsp3) is 0.409. The van der Waals surface area contributed by atoms with E-state index in [2.05, 4.69) is 5.32 Å². The standard InChI is InChI=1S/C22H24ClFN2O3/c1-14-2-3-17(24)8-16(14)12-26-18(4-5-22(26)27)6-7-25-11-15-9-20-21(10-19(15)23)29-13-28-20/h2-3,8-10,18,25H,4-7,11-13H2,1H3/t18-/m0/s1. The molecular formula is C22H24ClFN2O3. The Hall–Kier alpha value is -2.31. The number of hydrogen-bond acceptors (Lipinski definition) is 4. The number of halogens is 2. The highest BCUT2D eigenvalue weighted by Crippen LogP contribution is 2.36. The molecule has 154 valence electrons. The summed E-state index contributed by atoms with van der Waals surface area (Å²) >= 11 is 6.32. The summed E-state index contributed by atoms with van der Waals surface area (Å²) in [6.07, 6.45) is 2.22. The van der Waals surface area contributed by atoms with Crippen molar-refractivity contribution in [3.8, 4) is 11.5 Å². The zero-order valence-corrected chi connectivity index (χ0v) is 17.1. The molecule has 1 atom stereocenters. The van der Waals surface area contributed by atoms with Crippen molar-refractivity contribution >= 4 is 17.5 Å². The van der Waals surface area contributed by atoms with E-state index in [9.17, 15) is 9.18 Å². The van der Waals surface area contributed by atoms with Crippen molar-refractivity contribution in [3.63, 3.8) is 0 Å². The van der Waals surface area contributed by atoms with Crippen molar-refractivity contribution in [3.05, 3.63) is 57.9 Å². The molecule has 2 aliphatic rings. The zero-order chi connectivity index (χ0) is 20.4. The molecule has 0 aliphatic carbocycles. The van der Waals surface area contributed by atoms with E-state index in [1.165, 1.54) is 12.1 Å². The van der Waals surface area contributed by atoms with E-state index in [4.69, 9.17) is 21.1 Å². The molecule has 2 aromatic carbocycles. The van der Waals surface area contributed by atoms with Crippen LogP contribution in [0.15, 0.2) is 30.3 Å². The molecule has 1 saturated heterocycles. The Morgan fingerprint density at radius 3 is 2.83 bits per heavy atom. The van der Waals surface area contributed by atoms with E-state index in [1.807, 2.05) is 17.9 Å². The normalized spacial score (nSPS) is 18.0. The number of amides is 1. The minimum absolute atomic E-state index is 0.137. The number of hydrogen-bond donors (Lipinski definition) is 1. The van der Waals surface area contributed by atoms with Gasteiger partial charge in [0.1, 0.15) is 5.82 Å². The Bertz CT molecular complexity index is 921. The van der Waals surface area contributed by atoms with Gasteiger partial charge in [0.25, 0.3) is 0 Å². The van der Waals surface area contributed by atoms with Crippen LogP contribution < -0.4 is 14.8 Å². The second-order valence-corrected chi connectivity index (χ2v) is 7.95. The van der Waals surface area contributed by atoms with Crippen molar-refractivity contribution in [2.24, 2.45) is 0 Å². The van der Waals surface area contributed by atoms with Crippen LogP contribution in [0.5, 0.6) is 11.5 Å². The molecule has 7 heteroatoms. The molecule has 4 rings (SSSR count). The molecule has 2 aromatic rings. The number of nitrogens with one attached hydrogen (secondary N) is 1. The highest BCUT2D eigenvalue weighted by atomic mass is 35.5. The fourth-order valence-electron chi connectivity index (χ4n) is 3.89. The van der Waals surface area contributed by atoms with E-state index in [0.717, 1.165) is 36.1 Å². The molecule has 1 amide bonds. The Balaban J connectivity index is 1.32. The molecule has 1 N–H and O–H groups in total. The van der Waals surface area contributed by atoms with Gasteiger partial charge in [-0.25, -0.2) is 4.39 Å². The molecular weight excluding hydrogens is 395 g/mol. The molecule has 2 aliphatic heterocycles. The van der Waals surface area contributed by atoms with Crippen LogP contribution in [-0.2, 0) is 17.9 Å². The van der Waals surface area contributed by atoms with Gasteiger partial charge in [-0.1, -0.05) is 17.7 Å². The van der Waals surface area contributed by atoms with Crippen molar-refractivity contribution in [1.29, 1.82) is 0 Å². The predicted molar refractivity (Wildman–Crippen MR) is 109 cm³/mol. The third-order valence-corrected chi connectivity index (χ3v) is 5.97. The maximum absolute atomic E-state index is 13.6. The van der Waals surface area contributed by atoms with Crippen molar-refractivity contribution in [2.45, 2.75) is 45.3 Å². The largest absolute Gasteiger partial charge is 0.454 e. The number of aryl methyl sites for hydroxylation is 1. The van der Waals surface area contributed by atoms with Gasteiger partial charge in [-0.2, -0.15) is 0 Å². The highest BCUT2D eigenvalue weighted by molar-refractivity contribution is 6.31. The van der Waals surface area contributed by atoms with E-state index >= 15 is 0 Å². The minimum atomic E-state index is -0.268. The molecule has 29 heavy (non-hydrogen) atoms. The summed E-state index contributed by atoms with van der Waals surface area (Å²) < 4.78 is 24.3. The quantitative estimate of drug-likeness (QED) is 0.685. The van der Waals surface area contributed by atoms with Gasteiger partial charge in [0, 0.05) is 36.6 Å². The number of benzene rings is 2. The number of carbonyl (C=O) groups is 1. The smallest absolute Gasteiger partial charge is 0.231 e. The van der Waals surface area contributed by atoms with Crippen LogP contribution in [0.4, 0.5) is 4.39 Å². The topological polar surface area (TPSA) is 50.8 Å². The summed E-state index contributed by atoms with van der Waals surface area (Å²) in [6, 6.07) is 8.57. The van der Waals surface area contributed by atoms with Gasteiger partial charge < -0.3 is 19.7 Å². The first kappa shape index (κ1) is 20.0. The second-order valence-electron chi connectivity index (χ2n) is 7.55. The predicted octanol–water partition coefficient (Wildman–Crippen LogP) is 4.19. The van der Waals surface area contributed by atoms with Crippen LogP contribution in [0, 0.1) is 12.7 Å². The number of nitrogens with zero attached hydrogens (tertiary/aromatic N) is 1. The summed E-state index contributed by atoms with van der Waals surface area (Å²) in [5.74, 6) is 1.25. The highest BCUT2D eigenvalue weighted by Gasteiger charge is 2.30. The Kier molecular flexibility index (Phi) is 5.92. The summed E-state index contributed by atoms with van der Waals surface area (Å²) in [5, 5.41) is 4.04. The molecule has 0 bridgehead atoms. The molecule has 0 saturated carbocycles. The third kappa shape index (κ3) is 4.49. The minimum Gasteiger partial charge on any atom is -0.454 e. The lowest BCUT2D eigenvalue weighted by Gasteiger charge is -2.26. The van der Waals surface area contributed by atoms with Crippen molar-refractivity contribution in [1.82, 2.24) is 10.2 Å². The van der Waals surface area contributed by atoms with Gasteiger partial charge in [-0.15, -0.1) is 0 Å². The van der Waals surface area contributed by atoms with E-state index in [-0.39, 0.29) is 24.6 Å².